The van der Waals surface area contributed by atoms with Gasteiger partial charge in [-0.15, -0.1) is 0 Å². The van der Waals surface area contributed by atoms with Crippen LogP contribution < -0.4 is 15.5 Å². The van der Waals surface area contributed by atoms with Gasteiger partial charge in [0.2, 0.25) is 0 Å². The molecule has 0 aliphatic heterocycles. The van der Waals surface area contributed by atoms with Crippen LogP contribution in [0.5, 0.6) is 0 Å². The van der Waals surface area contributed by atoms with Gasteiger partial charge < -0.3 is 4.90 Å². The molecule has 0 aliphatic carbocycles. The Morgan fingerprint density at radius 3 is 1.76 bits per heavy atom. The van der Waals surface area contributed by atoms with Crippen LogP contribution in [0.4, 0.5) is 11.4 Å². The Morgan fingerprint density at radius 1 is 0.811 bits per heavy atom. The fourth-order valence-corrected chi connectivity index (χ4v) is 8.79. The van der Waals surface area contributed by atoms with E-state index >= 15 is 0 Å². The van der Waals surface area contributed by atoms with E-state index in [1.54, 1.807) is 0 Å². The van der Waals surface area contributed by atoms with Gasteiger partial charge in [-0.05, 0) is 36.9 Å². The summed E-state index contributed by atoms with van der Waals surface area (Å²) in [6.07, 6.45) is 0. The summed E-state index contributed by atoms with van der Waals surface area (Å²) in [6, 6.07) is 35.9. The molecule has 0 fully saturated rings. The summed E-state index contributed by atoms with van der Waals surface area (Å²) in [7, 11) is -7.45. The minimum absolute atomic E-state index is 0.133. The zero-order chi connectivity index (χ0) is 26.3. The van der Waals surface area contributed by atoms with Crippen LogP contribution in [0.2, 0.25) is 0 Å². The van der Waals surface area contributed by atoms with E-state index in [0.29, 0.717) is 17.2 Å². The lowest BCUT2D eigenvalue weighted by Crippen LogP contribution is -2.19. The Balaban J connectivity index is 2.01. The Bertz CT molecular complexity index is 1560. The van der Waals surface area contributed by atoms with Gasteiger partial charge in [0.25, 0.3) is 15.7 Å². The normalized spacial score (nSPS) is 11.2. The molecule has 4 aromatic rings. The van der Waals surface area contributed by atoms with Gasteiger partial charge in [-0.25, -0.2) is 0 Å². The van der Waals surface area contributed by atoms with E-state index < -0.39 is 22.0 Å². The third-order valence-electron chi connectivity index (χ3n) is 5.57. The largest absolute Gasteiger partial charge is 0.301 e. The molecule has 0 spiro atoms. The van der Waals surface area contributed by atoms with Gasteiger partial charge in [-0.2, -0.15) is 12.6 Å². The van der Waals surface area contributed by atoms with Crippen LogP contribution in [0.15, 0.2) is 124 Å². The molecule has 0 unspecified atom stereocenters. The zero-order valence-electron chi connectivity index (χ0n) is 20.0. The number of rotatable bonds is 7. The second kappa shape index (κ2) is 11.3. The molecule has 0 radical (unpaired) electrons. The highest BCUT2D eigenvalue weighted by Gasteiger charge is 2.28. The van der Waals surface area contributed by atoms with Crippen molar-refractivity contribution >= 4 is 39.1 Å². The molecule has 0 aromatic heterocycles. The summed E-state index contributed by atoms with van der Waals surface area (Å²) in [5.41, 5.74) is 3.99. The van der Waals surface area contributed by atoms with Gasteiger partial charge in [0.15, 0.2) is 0 Å². The number of benzene rings is 4. The highest BCUT2D eigenvalue weighted by molar-refractivity contribution is 7.98. The first-order valence-corrected chi connectivity index (χ1v) is 14.6. The van der Waals surface area contributed by atoms with E-state index in [1.807, 2.05) is 103 Å². The third kappa shape index (κ3) is 5.80. The van der Waals surface area contributed by atoms with E-state index in [-0.39, 0.29) is 10.6 Å². The van der Waals surface area contributed by atoms with E-state index in [1.165, 1.54) is 12.1 Å². The zero-order valence-corrected chi connectivity index (χ0v) is 21.7. The van der Waals surface area contributed by atoms with Crippen molar-refractivity contribution < 1.29 is 13.3 Å². The molecule has 4 aromatic carbocycles. The monoisotopic (exact) mass is 529 g/mol. The molecule has 0 atom stereocenters. The molecule has 4 rings (SSSR count). The van der Waals surface area contributed by atoms with Gasteiger partial charge in [0, 0.05) is 41.0 Å². The van der Waals surface area contributed by atoms with Crippen LogP contribution in [-0.2, 0) is 10.0 Å². The minimum Gasteiger partial charge on any atom is -0.301 e. The summed E-state index contributed by atoms with van der Waals surface area (Å²) in [6.45, 7) is 2.55. The van der Waals surface area contributed by atoms with E-state index in [2.05, 4.69) is 15.9 Å². The van der Waals surface area contributed by atoms with Gasteiger partial charge in [0.1, 0.15) is 7.05 Å². The predicted molar refractivity (Wildman–Crippen MR) is 149 cm³/mol. The average molecular weight is 530 g/mol. The second-order valence-corrected chi connectivity index (χ2v) is 12.5. The highest BCUT2D eigenvalue weighted by atomic mass is 32.2. The van der Waals surface area contributed by atoms with Crippen molar-refractivity contribution in [3.8, 4) is 11.7 Å². The van der Waals surface area contributed by atoms with Gasteiger partial charge in [-0.3, -0.25) is 10.1 Å². The molecule has 7 nitrogen and oxygen atoms in total. The molecule has 0 saturated carbocycles. The number of anilines is 1. The molecule has 9 heteroatoms. The van der Waals surface area contributed by atoms with Crippen LogP contribution in [-0.4, -0.2) is 19.9 Å². The van der Waals surface area contributed by atoms with Crippen molar-refractivity contribution in [3.63, 3.8) is 0 Å². The van der Waals surface area contributed by atoms with Crippen molar-refractivity contribution in [2.75, 3.05) is 11.4 Å². The number of hydrogen-bond acceptors (Lipinski definition) is 5. The molecule has 0 N–H and O–H groups in total. The van der Waals surface area contributed by atoms with E-state index in [4.69, 9.17) is 0 Å². The van der Waals surface area contributed by atoms with Gasteiger partial charge in [-0.1, -0.05) is 78.9 Å². The van der Waals surface area contributed by atoms with Crippen molar-refractivity contribution in [1.82, 2.24) is 0 Å². The lowest BCUT2D eigenvalue weighted by Gasteiger charge is -2.21. The summed E-state index contributed by atoms with van der Waals surface area (Å²) in [5, 5.41) is 12.4. The number of hydrogen-bond donors (Lipinski definition) is 0. The molecule has 0 heterocycles. The lowest BCUT2D eigenvalue weighted by molar-refractivity contribution is -0.384. The van der Waals surface area contributed by atoms with Crippen LogP contribution in [0.1, 0.15) is 6.92 Å². The SMILES string of the molecule is CCN(C#CP(=NS(=O)(=O)c1ccc([N+](=O)[O-])cc1)(c1ccccc1)c1ccccc1)c1ccccc1. The smallest absolute Gasteiger partial charge is 0.282 e. The van der Waals surface area contributed by atoms with Gasteiger partial charge >= 0.3 is 0 Å². The first kappa shape index (κ1) is 25.9. The molecule has 0 saturated heterocycles. The molecule has 37 heavy (non-hydrogen) atoms. The number of sulfonamides is 1. The van der Waals surface area contributed by atoms with Crippen molar-refractivity contribution in [3.05, 3.63) is 125 Å². The summed E-state index contributed by atoms with van der Waals surface area (Å²) in [5.74, 6) is 0. The van der Waals surface area contributed by atoms with Crippen LogP contribution in [0, 0.1) is 21.8 Å². The van der Waals surface area contributed by atoms with E-state index in [0.717, 1.165) is 17.8 Å². The second-order valence-electron chi connectivity index (χ2n) is 7.92. The summed E-state index contributed by atoms with van der Waals surface area (Å²) in [4.78, 5) is 12.2. The van der Waals surface area contributed by atoms with Gasteiger partial charge in [0.05, 0.1) is 9.82 Å². The molecule has 0 amide bonds. The van der Waals surface area contributed by atoms with Crippen molar-refractivity contribution in [2.24, 2.45) is 4.15 Å². The van der Waals surface area contributed by atoms with Crippen LogP contribution >= 0.6 is 7.05 Å². The third-order valence-corrected chi connectivity index (χ3v) is 10.8. The maximum Gasteiger partial charge on any atom is 0.282 e. The summed E-state index contributed by atoms with van der Waals surface area (Å²) < 4.78 is 31.9. The standard InChI is InChI=1S/C28H24N3O4PS/c1-2-30(24-12-6-3-7-13-24)22-23-36(26-14-8-4-9-15-26,27-16-10-5-11-17-27)29-37(34,35)28-20-18-25(19-21-28)31(32)33/h3-21H,2H2,1H3. The minimum atomic E-state index is -4.25. The number of nitro benzene ring substituents is 1. The van der Waals surface area contributed by atoms with Crippen molar-refractivity contribution in [2.45, 2.75) is 11.8 Å². The Morgan fingerprint density at radius 2 is 1.30 bits per heavy atom. The first-order chi connectivity index (χ1) is 17.9. The Labute approximate surface area is 216 Å². The lowest BCUT2D eigenvalue weighted by atomic mass is 10.3. The molecular weight excluding hydrogens is 505 g/mol. The summed E-state index contributed by atoms with van der Waals surface area (Å²) >= 11 is 0. The fraction of sp³-hybridized carbons (Fsp3) is 0.0714. The predicted octanol–water partition coefficient (Wildman–Crippen LogP) is 5.58. The first-order valence-electron chi connectivity index (χ1n) is 11.5. The molecule has 0 aliphatic rings. The number of para-hydroxylation sites is 1. The van der Waals surface area contributed by atoms with Crippen LogP contribution in [0.3, 0.4) is 0 Å². The number of nitro groups is 1. The molecular formula is C28H24N3O4PS. The highest BCUT2D eigenvalue weighted by Crippen LogP contribution is 2.48. The van der Waals surface area contributed by atoms with E-state index in [9.17, 15) is 18.5 Å². The fourth-order valence-electron chi connectivity index (χ4n) is 3.70. The number of nitrogens with zero attached hydrogens (tertiary/aromatic N) is 3. The Hall–Kier alpha value is -4.18. The number of non-ortho nitro benzene ring substituents is 1. The quantitative estimate of drug-likeness (QED) is 0.102. The Kier molecular flexibility index (Phi) is 7.88. The average Bonchev–Trinajstić information content (AvgIpc) is 2.94. The maximum atomic E-state index is 13.7. The van der Waals surface area contributed by atoms with Crippen LogP contribution in [0.25, 0.3) is 0 Å². The topological polar surface area (TPSA) is 92.9 Å². The molecule has 186 valence electrons. The van der Waals surface area contributed by atoms with Crippen molar-refractivity contribution in [1.29, 1.82) is 0 Å². The maximum absolute atomic E-state index is 13.7. The molecule has 0 bridgehead atoms.